The van der Waals surface area contributed by atoms with Crippen LogP contribution in [0.5, 0.6) is 0 Å². The molecule has 17 heavy (non-hydrogen) atoms. The van der Waals surface area contributed by atoms with Gasteiger partial charge in [0.1, 0.15) is 0 Å². The summed E-state index contributed by atoms with van der Waals surface area (Å²) < 4.78 is 1.05. The smallest absolute Gasteiger partial charge is 0.0752 e. The van der Waals surface area contributed by atoms with E-state index in [0.29, 0.717) is 0 Å². The average Bonchev–Trinajstić information content (AvgIpc) is 2.80. The lowest BCUT2D eigenvalue weighted by molar-refractivity contribution is 1.19. The summed E-state index contributed by atoms with van der Waals surface area (Å²) in [6.45, 7) is 2.17. The van der Waals surface area contributed by atoms with Crippen LogP contribution in [0.3, 0.4) is 0 Å². The average molecular weight is 395 g/mol. The predicted molar refractivity (Wildman–Crippen MR) is 83.6 cm³/mol. The highest BCUT2D eigenvalue weighted by Gasteiger charge is 2.16. The Morgan fingerprint density at radius 3 is 2.71 bits per heavy atom. The summed E-state index contributed by atoms with van der Waals surface area (Å²) in [4.78, 5) is 2.86. The summed E-state index contributed by atoms with van der Waals surface area (Å²) >= 11 is 15.3. The van der Waals surface area contributed by atoms with E-state index in [0.717, 1.165) is 21.5 Å². The van der Waals surface area contributed by atoms with E-state index in [2.05, 4.69) is 57.0 Å². The Labute approximate surface area is 127 Å². The van der Waals surface area contributed by atoms with Crippen molar-refractivity contribution in [2.45, 2.75) is 18.2 Å². The lowest BCUT2D eigenvalue weighted by atomic mass is 10.1. The van der Waals surface area contributed by atoms with Gasteiger partial charge in [0.05, 0.1) is 4.83 Å². The van der Waals surface area contributed by atoms with E-state index in [1.54, 1.807) is 0 Å². The van der Waals surface area contributed by atoms with E-state index in [-0.39, 0.29) is 4.83 Å². The summed E-state index contributed by atoms with van der Waals surface area (Å²) in [6.07, 6.45) is 1.08. The van der Waals surface area contributed by atoms with Crippen molar-refractivity contribution in [3.8, 4) is 0 Å². The van der Waals surface area contributed by atoms with Gasteiger partial charge in [-0.05, 0) is 42.3 Å². The molecule has 0 aliphatic carbocycles. The van der Waals surface area contributed by atoms with Crippen molar-refractivity contribution < 1.29 is 0 Å². The molecule has 1 unspecified atom stereocenters. The molecule has 1 aromatic heterocycles. The molecular formula is C13H11Br2ClS. The van der Waals surface area contributed by atoms with Crippen LogP contribution in [-0.4, -0.2) is 0 Å². The maximum atomic E-state index is 6.24. The van der Waals surface area contributed by atoms with Crippen LogP contribution in [0.25, 0.3) is 0 Å². The quantitative estimate of drug-likeness (QED) is 0.543. The Bertz CT molecular complexity index is 522. The van der Waals surface area contributed by atoms with Crippen LogP contribution in [-0.2, 0) is 6.42 Å². The van der Waals surface area contributed by atoms with Gasteiger partial charge < -0.3 is 0 Å². The summed E-state index contributed by atoms with van der Waals surface area (Å²) in [7, 11) is 0. The number of alkyl halides is 1. The van der Waals surface area contributed by atoms with Gasteiger partial charge in [-0.3, -0.25) is 0 Å². The Balaban J connectivity index is 2.35. The van der Waals surface area contributed by atoms with Gasteiger partial charge in [0.15, 0.2) is 0 Å². The Morgan fingerprint density at radius 1 is 1.29 bits per heavy atom. The molecule has 0 aliphatic heterocycles. The van der Waals surface area contributed by atoms with Crippen molar-refractivity contribution in [3.63, 3.8) is 0 Å². The minimum Gasteiger partial charge on any atom is -0.144 e. The molecule has 0 fully saturated rings. The highest BCUT2D eigenvalue weighted by molar-refractivity contribution is 9.10. The monoisotopic (exact) mass is 392 g/mol. The first-order chi connectivity index (χ1) is 8.11. The first-order valence-corrected chi connectivity index (χ1v) is 8.19. The normalized spacial score (nSPS) is 12.7. The van der Waals surface area contributed by atoms with Crippen molar-refractivity contribution in [2.75, 3.05) is 0 Å². The molecule has 0 spiro atoms. The lowest BCUT2D eigenvalue weighted by Crippen LogP contribution is -1.90. The number of thiophene rings is 1. The van der Waals surface area contributed by atoms with E-state index in [4.69, 9.17) is 11.6 Å². The second-order valence-electron chi connectivity index (χ2n) is 3.69. The summed E-state index contributed by atoms with van der Waals surface area (Å²) in [5.41, 5.74) is 1.10. The topological polar surface area (TPSA) is 0 Å². The van der Waals surface area contributed by atoms with E-state index in [1.165, 1.54) is 9.75 Å². The molecule has 0 saturated carbocycles. The third-order valence-electron chi connectivity index (χ3n) is 2.51. The van der Waals surface area contributed by atoms with Gasteiger partial charge in [0.2, 0.25) is 0 Å². The lowest BCUT2D eigenvalue weighted by Gasteiger charge is -2.10. The van der Waals surface area contributed by atoms with Crippen LogP contribution >= 0.6 is 54.8 Å². The Kier molecular flexibility index (Phi) is 4.70. The number of hydrogen-bond donors (Lipinski definition) is 0. The Hall–Kier alpha value is 0.170. The van der Waals surface area contributed by atoms with Crippen molar-refractivity contribution in [1.29, 1.82) is 0 Å². The zero-order chi connectivity index (χ0) is 12.4. The molecule has 1 heterocycles. The highest BCUT2D eigenvalue weighted by atomic mass is 79.9. The first-order valence-electron chi connectivity index (χ1n) is 5.29. The van der Waals surface area contributed by atoms with Crippen LogP contribution in [0.2, 0.25) is 5.02 Å². The zero-order valence-corrected chi connectivity index (χ0v) is 14.0. The van der Waals surface area contributed by atoms with Crippen LogP contribution in [0.4, 0.5) is 0 Å². The SMILES string of the molecule is CCc1ccc(C(Br)c2cc(Br)ccc2Cl)s1. The molecule has 0 nitrogen and oxygen atoms in total. The van der Waals surface area contributed by atoms with Crippen molar-refractivity contribution >= 4 is 54.8 Å². The molecule has 0 amide bonds. The van der Waals surface area contributed by atoms with E-state index < -0.39 is 0 Å². The van der Waals surface area contributed by atoms with Crippen LogP contribution in [0.15, 0.2) is 34.8 Å². The van der Waals surface area contributed by atoms with Gasteiger partial charge in [0, 0.05) is 19.2 Å². The van der Waals surface area contributed by atoms with E-state index in [1.807, 2.05) is 23.5 Å². The fourth-order valence-electron chi connectivity index (χ4n) is 1.58. The number of benzene rings is 1. The summed E-state index contributed by atoms with van der Waals surface area (Å²) in [5, 5.41) is 0.793. The molecule has 90 valence electrons. The third-order valence-corrected chi connectivity index (χ3v) is 5.93. The maximum absolute atomic E-state index is 6.24. The number of hydrogen-bond acceptors (Lipinski definition) is 1. The fraction of sp³-hybridized carbons (Fsp3) is 0.231. The second kappa shape index (κ2) is 5.87. The molecule has 2 aromatic rings. The highest BCUT2D eigenvalue weighted by Crippen LogP contribution is 2.39. The maximum Gasteiger partial charge on any atom is 0.0752 e. The molecule has 0 aliphatic rings. The number of halogens is 3. The van der Waals surface area contributed by atoms with Gasteiger partial charge in [0.25, 0.3) is 0 Å². The molecule has 1 atom stereocenters. The standard InChI is InChI=1S/C13H11Br2ClS/c1-2-9-4-6-12(17-9)13(15)10-7-8(14)3-5-11(10)16/h3-7,13H,2H2,1H3. The van der Waals surface area contributed by atoms with Crippen molar-refractivity contribution in [3.05, 3.63) is 55.1 Å². The summed E-state index contributed by atoms with van der Waals surface area (Å²) in [5.74, 6) is 0. The van der Waals surface area contributed by atoms with Gasteiger partial charge >= 0.3 is 0 Å². The van der Waals surface area contributed by atoms with Crippen LogP contribution < -0.4 is 0 Å². The van der Waals surface area contributed by atoms with Gasteiger partial charge in [-0.2, -0.15) is 0 Å². The molecule has 2 rings (SSSR count). The largest absolute Gasteiger partial charge is 0.144 e. The molecule has 1 aromatic carbocycles. The van der Waals surface area contributed by atoms with Gasteiger partial charge in [-0.15, -0.1) is 11.3 Å². The zero-order valence-electron chi connectivity index (χ0n) is 9.21. The summed E-state index contributed by atoms with van der Waals surface area (Å²) in [6, 6.07) is 10.3. The van der Waals surface area contributed by atoms with Crippen LogP contribution in [0, 0.1) is 0 Å². The van der Waals surface area contributed by atoms with E-state index in [9.17, 15) is 0 Å². The molecule has 0 saturated heterocycles. The first kappa shape index (κ1) is 13.6. The van der Waals surface area contributed by atoms with Crippen molar-refractivity contribution in [2.24, 2.45) is 0 Å². The second-order valence-corrected chi connectivity index (χ2v) is 7.12. The van der Waals surface area contributed by atoms with Crippen LogP contribution in [0.1, 0.15) is 27.1 Å². The Morgan fingerprint density at radius 2 is 2.06 bits per heavy atom. The third kappa shape index (κ3) is 3.14. The number of rotatable bonds is 3. The molecular weight excluding hydrogens is 383 g/mol. The van der Waals surface area contributed by atoms with Crippen molar-refractivity contribution in [1.82, 2.24) is 0 Å². The van der Waals surface area contributed by atoms with Gasteiger partial charge in [-0.25, -0.2) is 0 Å². The van der Waals surface area contributed by atoms with Gasteiger partial charge in [-0.1, -0.05) is 50.4 Å². The fourth-order valence-corrected chi connectivity index (χ4v) is 4.08. The number of aryl methyl sites for hydroxylation is 1. The van der Waals surface area contributed by atoms with E-state index >= 15 is 0 Å². The molecule has 0 N–H and O–H groups in total. The minimum absolute atomic E-state index is 0.165. The molecule has 0 radical (unpaired) electrons. The molecule has 4 heteroatoms. The predicted octanol–water partition coefficient (Wildman–Crippen LogP) is 6.21. The molecule has 0 bridgehead atoms. The minimum atomic E-state index is 0.165.